The zero-order valence-corrected chi connectivity index (χ0v) is 8.53. The van der Waals surface area contributed by atoms with Crippen molar-refractivity contribution in [2.45, 2.75) is 6.54 Å². The van der Waals surface area contributed by atoms with Gasteiger partial charge in [0, 0.05) is 18.9 Å². The van der Waals surface area contributed by atoms with E-state index in [0.717, 1.165) is 18.2 Å². The largest absolute Gasteiger partial charge is 0.381 e. The molecule has 1 heterocycles. The maximum atomic E-state index is 13.2. The van der Waals surface area contributed by atoms with Crippen LogP contribution in [0.2, 0.25) is 0 Å². The van der Waals surface area contributed by atoms with Gasteiger partial charge in [-0.25, -0.2) is 8.78 Å². The normalized spacial score (nSPS) is 10.4. The molecule has 16 heavy (non-hydrogen) atoms. The number of rotatable bonds is 4. The maximum Gasteiger partial charge on any atom is 0.146 e. The van der Waals surface area contributed by atoms with Crippen molar-refractivity contribution in [3.05, 3.63) is 48.3 Å². The van der Waals surface area contributed by atoms with E-state index in [2.05, 4.69) is 10.4 Å². The summed E-state index contributed by atoms with van der Waals surface area (Å²) in [6, 6.07) is 5.14. The first kappa shape index (κ1) is 10.6. The predicted octanol–water partition coefficient (Wildman–Crippen LogP) is 2.27. The molecule has 1 aromatic carbocycles. The number of anilines is 1. The molecule has 0 saturated carbocycles. The van der Waals surface area contributed by atoms with Gasteiger partial charge < -0.3 is 5.32 Å². The minimum Gasteiger partial charge on any atom is -0.381 e. The van der Waals surface area contributed by atoms with Crippen LogP contribution < -0.4 is 5.32 Å². The van der Waals surface area contributed by atoms with Gasteiger partial charge in [-0.2, -0.15) is 5.10 Å². The summed E-state index contributed by atoms with van der Waals surface area (Å²) in [6.45, 7) is 1.09. The summed E-state index contributed by atoms with van der Waals surface area (Å²) < 4.78 is 27.7. The highest BCUT2D eigenvalue weighted by Gasteiger charge is 2.02. The van der Waals surface area contributed by atoms with Gasteiger partial charge in [0.15, 0.2) is 0 Å². The molecule has 0 aliphatic heterocycles. The molecule has 0 spiro atoms. The van der Waals surface area contributed by atoms with Crippen LogP contribution in [0.3, 0.4) is 0 Å². The summed E-state index contributed by atoms with van der Waals surface area (Å²) in [5.74, 6) is -0.912. The number of hydrogen-bond donors (Lipinski definition) is 1. The highest BCUT2D eigenvalue weighted by molar-refractivity contribution is 5.44. The van der Waals surface area contributed by atoms with Crippen LogP contribution in [0.1, 0.15) is 0 Å². The van der Waals surface area contributed by atoms with Gasteiger partial charge in [-0.05, 0) is 24.3 Å². The molecule has 0 bridgehead atoms. The predicted molar refractivity (Wildman–Crippen MR) is 57.1 cm³/mol. The molecule has 1 aromatic heterocycles. The van der Waals surface area contributed by atoms with Crippen molar-refractivity contribution in [3.63, 3.8) is 0 Å². The molecule has 0 radical (unpaired) electrons. The zero-order chi connectivity index (χ0) is 11.4. The molecular formula is C11H11F2N3. The topological polar surface area (TPSA) is 29.9 Å². The van der Waals surface area contributed by atoms with Crippen LogP contribution in [0.5, 0.6) is 0 Å². The molecular weight excluding hydrogens is 212 g/mol. The number of hydrogen-bond acceptors (Lipinski definition) is 2. The van der Waals surface area contributed by atoms with Crippen LogP contribution in [-0.2, 0) is 6.54 Å². The molecule has 84 valence electrons. The fourth-order valence-electron chi connectivity index (χ4n) is 1.37. The molecule has 5 heteroatoms. The lowest BCUT2D eigenvalue weighted by atomic mass is 10.3. The van der Waals surface area contributed by atoms with Gasteiger partial charge >= 0.3 is 0 Å². The summed E-state index contributed by atoms with van der Waals surface area (Å²) >= 11 is 0. The van der Waals surface area contributed by atoms with Crippen molar-refractivity contribution in [1.29, 1.82) is 0 Å². The van der Waals surface area contributed by atoms with Crippen molar-refractivity contribution in [3.8, 4) is 0 Å². The third-order valence-electron chi connectivity index (χ3n) is 2.14. The number of aromatic nitrogens is 2. The van der Waals surface area contributed by atoms with Gasteiger partial charge in [-0.1, -0.05) is 0 Å². The lowest BCUT2D eigenvalue weighted by Gasteiger charge is -2.07. The quantitative estimate of drug-likeness (QED) is 0.861. The average molecular weight is 223 g/mol. The molecule has 1 N–H and O–H groups in total. The van der Waals surface area contributed by atoms with Crippen LogP contribution in [0.15, 0.2) is 36.7 Å². The van der Waals surface area contributed by atoms with Gasteiger partial charge in [0.25, 0.3) is 0 Å². The summed E-state index contributed by atoms with van der Waals surface area (Å²) in [5, 5.41) is 6.81. The van der Waals surface area contributed by atoms with Crippen LogP contribution in [0, 0.1) is 11.6 Å². The fourth-order valence-corrected chi connectivity index (χ4v) is 1.37. The number of nitrogens with zero attached hydrogens (tertiary/aromatic N) is 2. The maximum absolute atomic E-state index is 13.2. The van der Waals surface area contributed by atoms with E-state index in [0.29, 0.717) is 13.1 Å². The Labute approximate surface area is 91.7 Å². The van der Waals surface area contributed by atoms with E-state index < -0.39 is 11.6 Å². The van der Waals surface area contributed by atoms with E-state index in [-0.39, 0.29) is 5.69 Å². The zero-order valence-electron chi connectivity index (χ0n) is 8.53. The van der Waals surface area contributed by atoms with E-state index in [9.17, 15) is 8.78 Å². The first-order valence-electron chi connectivity index (χ1n) is 4.92. The first-order chi connectivity index (χ1) is 7.75. The molecule has 0 saturated heterocycles. The first-order valence-corrected chi connectivity index (χ1v) is 4.92. The third kappa shape index (κ3) is 2.56. The Morgan fingerprint density at radius 1 is 1.31 bits per heavy atom. The highest BCUT2D eigenvalue weighted by atomic mass is 19.1. The molecule has 0 amide bonds. The Morgan fingerprint density at radius 3 is 2.94 bits per heavy atom. The molecule has 0 fully saturated rings. The Hall–Kier alpha value is -1.91. The average Bonchev–Trinajstić information content (AvgIpc) is 2.76. The van der Waals surface area contributed by atoms with Crippen molar-refractivity contribution in [2.75, 3.05) is 11.9 Å². The molecule has 2 aromatic rings. The van der Waals surface area contributed by atoms with Crippen molar-refractivity contribution >= 4 is 5.69 Å². The monoisotopic (exact) mass is 223 g/mol. The van der Waals surface area contributed by atoms with Gasteiger partial charge in [-0.15, -0.1) is 0 Å². The van der Waals surface area contributed by atoms with Gasteiger partial charge in [-0.3, -0.25) is 4.68 Å². The highest BCUT2D eigenvalue weighted by Crippen LogP contribution is 2.14. The summed E-state index contributed by atoms with van der Waals surface area (Å²) in [7, 11) is 0. The summed E-state index contributed by atoms with van der Waals surface area (Å²) in [4.78, 5) is 0. The SMILES string of the molecule is Fc1ccc(F)c(NCCn2cccn2)c1. The number of benzene rings is 1. The lowest BCUT2D eigenvalue weighted by Crippen LogP contribution is -2.11. The molecule has 3 nitrogen and oxygen atoms in total. The van der Waals surface area contributed by atoms with Crippen LogP contribution in [-0.4, -0.2) is 16.3 Å². The summed E-state index contributed by atoms with van der Waals surface area (Å²) in [6.07, 6.45) is 3.48. The molecule has 0 aliphatic carbocycles. The van der Waals surface area contributed by atoms with Crippen LogP contribution in [0.4, 0.5) is 14.5 Å². The van der Waals surface area contributed by atoms with Crippen molar-refractivity contribution < 1.29 is 8.78 Å². The second-order valence-corrected chi connectivity index (χ2v) is 3.32. The molecule has 0 aliphatic rings. The Kier molecular flexibility index (Phi) is 3.14. The Balaban J connectivity index is 1.92. The van der Waals surface area contributed by atoms with E-state index in [4.69, 9.17) is 0 Å². The van der Waals surface area contributed by atoms with Crippen molar-refractivity contribution in [2.24, 2.45) is 0 Å². The Bertz CT molecular complexity index is 454. The summed E-state index contributed by atoms with van der Waals surface area (Å²) in [5.41, 5.74) is 0.173. The molecule has 2 rings (SSSR count). The smallest absolute Gasteiger partial charge is 0.146 e. The van der Waals surface area contributed by atoms with Crippen molar-refractivity contribution in [1.82, 2.24) is 9.78 Å². The standard InChI is InChI=1S/C11H11F2N3/c12-9-2-3-10(13)11(8-9)14-5-7-16-6-1-4-15-16/h1-4,6,8,14H,5,7H2. The lowest BCUT2D eigenvalue weighted by molar-refractivity contribution is 0.597. The number of halogens is 2. The fraction of sp³-hybridized carbons (Fsp3) is 0.182. The second-order valence-electron chi connectivity index (χ2n) is 3.32. The van der Waals surface area contributed by atoms with Crippen LogP contribution >= 0.6 is 0 Å². The van der Waals surface area contributed by atoms with Crippen LogP contribution in [0.25, 0.3) is 0 Å². The van der Waals surface area contributed by atoms with E-state index >= 15 is 0 Å². The van der Waals surface area contributed by atoms with Gasteiger partial charge in [0.05, 0.1) is 12.2 Å². The van der Waals surface area contributed by atoms with E-state index in [1.54, 1.807) is 10.9 Å². The number of nitrogens with one attached hydrogen (secondary N) is 1. The second kappa shape index (κ2) is 4.74. The van der Waals surface area contributed by atoms with Gasteiger partial charge in [0.1, 0.15) is 11.6 Å². The minimum atomic E-state index is -0.457. The van der Waals surface area contributed by atoms with E-state index in [1.165, 1.54) is 0 Å². The van der Waals surface area contributed by atoms with Gasteiger partial charge in [0.2, 0.25) is 0 Å². The van der Waals surface area contributed by atoms with E-state index in [1.807, 2.05) is 12.3 Å². The molecule has 0 unspecified atom stereocenters. The molecule has 0 atom stereocenters. The third-order valence-corrected chi connectivity index (χ3v) is 2.14. The minimum absolute atomic E-state index is 0.173. The Morgan fingerprint density at radius 2 is 2.19 bits per heavy atom.